The van der Waals surface area contributed by atoms with Crippen LogP contribution >= 0.6 is 15.9 Å². The number of nitrogens with zero attached hydrogens (tertiary/aromatic N) is 1. The van der Waals surface area contributed by atoms with Gasteiger partial charge in [0, 0.05) is 0 Å². The molecule has 0 spiro atoms. The number of halogens is 6. The van der Waals surface area contributed by atoms with Crippen LogP contribution in [-0.2, 0) is 0 Å². The maximum absolute atomic E-state index is 13.4. The van der Waals surface area contributed by atoms with E-state index in [4.69, 9.17) is 0 Å². The molecule has 110 valence electrons. The van der Waals surface area contributed by atoms with Gasteiger partial charge in [0.05, 0.1) is 0 Å². The Morgan fingerprint density at radius 3 is 2.00 bits per heavy atom. The minimum Gasteiger partial charge on any atom is -0.316 e. The van der Waals surface area contributed by atoms with Crippen LogP contribution < -0.4 is 5.32 Å². The zero-order valence-electron chi connectivity index (χ0n) is 9.86. The normalized spacial score (nSPS) is 10.6. The molecule has 0 saturated heterocycles. The van der Waals surface area contributed by atoms with Gasteiger partial charge in [-0.25, -0.2) is 26.9 Å². The number of anilines is 1. The summed E-state index contributed by atoms with van der Waals surface area (Å²) >= 11 is 2.97. The molecule has 0 saturated carbocycles. The van der Waals surface area contributed by atoms with Crippen molar-refractivity contribution in [1.82, 2.24) is 4.98 Å². The van der Waals surface area contributed by atoms with Gasteiger partial charge in [0.2, 0.25) is 5.82 Å². The van der Waals surface area contributed by atoms with Gasteiger partial charge in [-0.2, -0.15) is 0 Å². The molecule has 1 N–H and O–H groups in total. The van der Waals surface area contributed by atoms with Gasteiger partial charge in [-0.15, -0.1) is 0 Å². The second-order valence-corrected chi connectivity index (χ2v) is 4.56. The van der Waals surface area contributed by atoms with Gasteiger partial charge >= 0.3 is 0 Å². The number of carbonyl (C=O) groups excluding carboxylic acids is 1. The molecule has 0 aliphatic rings. The average molecular weight is 367 g/mol. The minimum atomic E-state index is -2.30. The standard InChI is InChI=1S/C12H4BrF5N2O/c13-5-3-1-2-4(19-5)12(21)20-11-9(17)7(15)6(14)8(16)10(11)18/h1-3H,(H,20,21). The van der Waals surface area contributed by atoms with E-state index in [9.17, 15) is 26.7 Å². The lowest BCUT2D eigenvalue weighted by atomic mass is 10.2. The number of carbonyl (C=O) groups is 1. The van der Waals surface area contributed by atoms with Gasteiger partial charge in [0.1, 0.15) is 16.0 Å². The van der Waals surface area contributed by atoms with Gasteiger partial charge in [0.25, 0.3) is 5.91 Å². The van der Waals surface area contributed by atoms with Crippen molar-refractivity contribution in [1.29, 1.82) is 0 Å². The predicted molar refractivity (Wildman–Crippen MR) is 66.1 cm³/mol. The largest absolute Gasteiger partial charge is 0.316 e. The van der Waals surface area contributed by atoms with Crippen LogP contribution in [-0.4, -0.2) is 10.9 Å². The summed E-state index contributed by atoms with van der Waals surface area (Å²) < 4.78 is 65.9. The lowest BCUT2D eigenvalue weighted by Gasteiger charge is -2.09. The van der Waals surface area contributed by atoms with Gasteiger partial charge in [-0.05, 0) is 28.1 Å². The molecule has 0 bridgehead atoms. The van der Waals surface area contributed by atoms with Crippen molar-refractivity contribution >= 4 is 27.5 Å². The fraction of sp³-hybridized carbons (Fsp3) is 0. The summed E-state index contributed by atoms with van der Waals surface area (Å²) in [4.78, 5) is 15.4. The Balaban J connectivity index is 2.43. The van der Waals surface area contributed by atoms with Crippen molar-refractivity contribution < 1.29 is 26.7 Å². The Morgan fingerprint density at radius 1 is 0.952 bits per heavy atom. The Kier molecular flexibility index (Phi) is 4.21. The Labute approximate surface area is 122 Å². The quantitative estimate of drug-likeness (QED) is 0.380. The van der Waals surface area contributed by atoms with E-state index < -0.39 is 40.7 Å². The highest BCUT2D eigenvalue weighted by Gasteiger charge is 2.27. The topological polar surface area (TPSA) is 42.0 Å². The molecule has 0 fully saturated rings. The molecule has 21 heavy (non-hydrogen) atoms. The number of aromatic nitrogens is 1. The first-order valence-corrected chi connectivity index (χ1v) is 6.07. The second kappa shape index (κ2) is 5.76. The van der Waals surface area contributed by atoms with E-state index in [0.717, 1.165) is 0 Å². The molecule has 1 aromatic carbocycles. The fourth-order valence-corrected chi connectivity index (χ4v) is 1.77. The zero-order valence-corrected chi connectivity index (χ0v) is 11.4. The van der Waals surface area contributed by atoms with E-state index in [1.807, 2.05) is 0 Å². The number of nitrogens with one attached hydrogen (secondary N) is 1. The lowest BCUT2D eigenvalue weighted by molar-refractivity contribution is 0.102. The molecular formula is C12H4BrF5N2O. The van der Waals surface area contributed by atoms with Crippen molar-refractivity contribution in [3.05, 3.63) is 57.6 Å². The van der Waals surface area contributed by atoms with E-state index in [-0.39, 0.29) is 10.3 Å². The van der Waals surface area contributed by atoms with Gasteiger partial charge in [-0.1, -0.05) is 6.07 Å². The summed E-state index contributed by atoms with van der Waals surface area (Å²) in [6, 6.07) is 4.09. The van der Waals surface area contributed by atoms with Gasteiger partial charge in [0.15, 0.2) is 23.3 Å². The van der Waals surface area contributed by atoms with E-state index >= 15 is 0 Å². The van der Waals surface area contributed by atoms with E-state index in [1.54, 1.807) is 5.32 Å². The SMILES string of the molecule is O=C(Nc1c(F)c(F)c(F)c(F)c1F)c1cccc(Br)n1. The highest BCUT2D eigenvalue weighted by molar-refractivity contribution is 9.10. The molecule has 0 radical (unpaired) electrons. The van der Waals surface area contributed by atoms with Crippen LogP contribution in [0.3, 0.4) is 0 Å². The van der Waals surface area contributed by atoms with Crippen molar-refractivity contribution in [3.63, 3.8) is 0 Å². The molecule has 0 aliphatic carbocycles. The van der Waals surface area contributed by atoms with Gasteiger partial charge < -0.3 is 5.32 Å². The van der Waals surface area contributed by atoms with Crippen LogP contribution in [0.25, 0.3) is 0 Å². The highest BCUT2D eigenvalue weighted by atomic mass is 79.9. The fourth-order valence-electron chi connectivity index (χ4n) is 1.43. The molecule has 2 rings (SSSR count). The van der Waals surface area contributed by atoms with Crippen molar-refractivity contribution in [2.75, 3.05) is 5.32 Å². The first-order valence-electron chi connectivity index (χ1n) is 5.28. The second-order valence-electron chi connectivity index (χ2n) is 3.74. The molecule has 2 aromatic rings. The van der Waals surface area contributed by atoms with Crippen molar-refractivity contribution in [2.45, 2.75) is 0 Å². The number of hydrogen-bond donors (Lipinski definition) is 1. The third-order valence-corrected chi connectivity index (χ3v) is 2.84. The predicted octanol–water partition coefficient (Wildman–Crippen LogP) is 3.79. The number of rotatable bonds is 2. The molecule has 0 unspecified atom stereocenters. The van der Waals surface area contributed by atoms with E-state index in [2.05, 4.69) is 20.9 Å². The van der Waals surface area contributed by atoms with Crippen LogP contribution in [0.15, 0.2) is 22.8 Å². The summed E-state index contributed by atoms with van der Waals surface area (Å²) in [5.41, 5.74) is -1.70. The monoisotopic (exact) mass is 366 g/mol. The number of hydrogen-bond acceptors (Lipinski definition) is 2. The van der Waals surface area contributed by atoms with Gasteiger partial charge in [-0.3, -0.25) is 4.79 Å². The van der Waals surface area contributed by atoms with Crippen LogP contribution in [0, 0.1) is 29.1 Å². The molecule has 1 aromatic heterocycles. The summed E-state index contributed by atoms with van der Waals surface area (Å²) in [7, 11) is 0. The van der Waals surface area contributed by atoms with Crippen LogP contribution in [0.4, 0.5) is 27.6 Å². The summed E-state index contributed by atoms with van der Waals surface area (Å²) in [6.07, 6.45) is 0. The number of pyridine rings is 1. The Bertz CT molecular complexity index is 709. The van der Waals surface area contributed by atoms with Crippen molar-refractivity contribution in [2.24, 2.45) is 0 Å². The number of amides is 1. The van der Waals surface area contributed by atoms with E-state index in [1.165, 1.54) is 18.2 Å². The summed E-state index contributed by atoms with van der Waals surface area (Å²) in [5, 5.41) is 1.61. The third-order valence-electron chi connectivity index (χ3n) is 2.40. The molecule has 9 heteroatoms. The smallest absolute Gasteiger partial charge is 0.274 e. The number of benzene rings is 1. The minimum absolute atomic E-state index is 0.257. The average Bonchev–Trinajstić information content (AvgIpc) is 2.47. The Hall–Kier alpha value is -2.03. The first kappa shape index (κ1) is 15.4. The highest BCUT2D eigenvalue weighted by Crippen LogP contribution is 2.27. The molecule has 1 amide bonds. The lowest BCUT2D eigenvalue weighted by Crippen LogP contribution is -2.18. The molecule has 0 atom stereocenters. The maximum Gasteiger partial charge on any atom is 0.274 e. The van der Waals surface area contributed by atoms with E-state index in [0.29, 0.717) is 0 Å². The Morgan fingerprint density at radius 2 is 1.48 bits per heavy atom. The van der Waals surface area contributed by atoms with Crippen molar-refractivity contribution in [3.8, 4) is 0 Å². The van der Waals surface area contributed by atoms with Crippen LogP contribution in [0.1, 0.15) is 10.5 Å². The third kappa shape index (κ3) is 2.87. The first-order chi connectivity index (χ1) is 9.82. The molecule has 3 nitrogen and oxygen atoms in total. The molecule has 0 aliphatic heterocycles. The summed E-state index contributed by atoms with van der Waals surface area (Å²) in [5.74, 6) is -12.0. The molecular weight excluding hydrogens is 363 g/mol. The maximum atomic E-state index is 13.4. The van der Waals surface area contributed by atoms with Crippen LogP contribution in [0.5, 0.6) is 0 Å². The summed E-state index contributed by atoms with van der Waals surface area (Å²) in [6.45, 7) is 0. The molecule has 1 heterocycles. The zero-order chi connectivity index (χ0) is 15.7. The van der Waals surface area contributed by atoms with Crippen LogP contribution in [0.2, 0.25) is 0 Å².